The summed E-state index contributed by atoms with van der Waals surface area (Å²) < 4.78 is 11.6. The first-order chi connectivity index (χ1) is 10.1. The van der Waals surface area contributed by atoms with Gasteiger partial charge in [-0.3, -0.25) is 4.79 Å². The number of nitrogens with zero attached hydrogens (tertiary/aromatic N) is 1. The minimum atomic E-state index is 0.00414. The van der Waals surface area contributed by atoms with Crippen LogP contribution >= 0.6 is 0 Å². The molecule has 0 aromatic carbocycles. The molecule has 2 aliphatic carbocycles. The van der Waals surface area contributed by atoms with E-state index in [1.807, 2.05) is 0 Å². The third-order valence-corrected chi connectivity index (χ3v) is 4.68. The Bertz CT molecular complexity index is 385. The Balaban J connectivity index is 1.74. The molecule has 0 saturated heterocycles. The van der Waals surface area contributed by atoms with Crippen LogP contribution in [0.4, 0.5) is 0 Å². The van der Waals surface area contributed by atoms with Gasteiger partial charge in [-0.2, -0.15) is 5.26 Å². The van der Waals surface area contributed by atoms with Crippen LogP contribution in [0, 0.1) is 17.2 Å². The van der Waals surface area contributed by atoms with Gasteiger partial charge in [-0.25, -0.2) is 0 Å². The van der Waals surface area contributed by atoms with Crippen LogP contribution in [0.1, 0.15) is 51.9 Å². The van der Waals surface area contributed by atoms with Gasteiger partial charge in [0.1, 0.15) is 0 Å². The first kappa shape index (κ1) is 16.3. The minimum absolute atomic E-state index is 0.00414. The van der Waals surface area contributed by atoms with E-state index in [4.69, 9.17) is 14.7 Å². The molecule has 118 valence electrons. The van der Waals surface area contributed by atoms with Crippen molar-refractivity contribution in [2.75, 3.05) is 7.11 Å². The van der Waals surface area contributed by atoms with E-state index in [2.05, 4.69) is 11.4 Å². The average molecular weight is 294 g/mol. The SMILES string of the molecule is COC1CC(OC2CCC(NC(C)=O)CC2)CCC1C#N. The highest BCUT2D eigenvalue weighted by molar-refractivity contribution is 5.73. The van der Waals surface area contributed by atoms with Crippen LogP contribution in [-0.2, 0) is 14.3 Å². The Hall–Kier alpha value is -1.12. The van der Waals surface area contributed by atoms with E-state index in [1.54, 1.807) is 14.0 Å². The fourth-order valence-electron chi connectivity index (χ4n) is 3.53. The van der Waals surface area contributed by atoms with Gasteiger partial charge >= 0.3 is 0 Å². The molecular formula is C16H26N2O3. The Labute approximate surface area is 127 Å². The average Bonchev–Trinajstić information content (AvgIpc) is 2.48. The van der Waals surface area contributed by atoms with Crippen LogP contribution in [0.3, 0.4) is 0 Å². The van der Waals surface area contributed by atoms with Crippen LogP contribution in [-0.4, -0.2) is 37.4 Å². The van der Waals surface area contributed by atoms with Gasteiger partial charge in [-0.05, 0) is 38.5 Å². The lowest BCUT2D eigenvalue weighted by Gasteiger charge is -2.36. The normalized spacial score (nSPS) is 36.7. The van der Waals surface area contributed by atoms with Gasteiger partial charge in [0.05, 0.1) is 30.3 Å². The molecule has 2 rings (SSSR count). The summed E-state index contributed by atoms with van der Waals surface area (Å²) in [7, 11) is 1.68. The summed E-state index contributed by atoms with van der Waals surface area (Å²) in [5.74, 6) is 0.0579. The van der Waals surface area contributed by atoms with E-state index in [-0.39, 0.29) is 30.1 Å². The Morgan fingerprint density at radius 2 is 1.81 bits per heavy atom. The first-order valence-corrected chi connectivity index (χ1v) is 7.97. The van der Waals surface area contributed by atoms with Crippen LogP contribution in [0.5, 0.6) is 0 Å². The number of rotatable bonds is 4. The Morgan fingerprint density at radius 1 is 1.14 bits per heavy atom. The molecule has 5 nitrogen and oxygen atoms in total. The second kappa shape index (κ2) is 7.77. The molecule has 1 amide bonds. The maximum Gasteiger partial charge on any atom is 0.217 e. The summed E-state index contributed by atoms with van der Waals surface area (Å²) in [6.45, 7) is 1.57. The maximum absolute atomic E-state index is 11.1. The van der Waals surface area contributed by atoms with E-state index in [1.165, 1.54) is 0 Å². The number of hydrogen-bond acceptors (Lipinski definition) is 4. The van der Waals surface area contributed by atoms with E-state index < -0.39 is 0 Å². The molecule has 0 radical (unpaired) electrons. The molecule has 21 heavy (non-hydrogen) atoms. The summed E-state index contributed by atoms with van der Waals surface area (Å²) in [6, 6.07) is 2.64. The van der Waals surface area contributed by atoms with E-state index in [0.29, 0.717) is 6.04 Å². The molecule has 3 atom stereocenters. The van der Waals surface area contributed by atoms with Gasteiger partial charge in [0, 0.05) is 26.5 Å². The molecule has 1 N–H and O–H groups in total. The molecule has 0 aromatic heterocycles. The lowest BCUT2D eigenvalue weighted by molar-refractivity contribution is -0.120. The predicted molar refractivity (Wildman–Crippen MR) is 78.5 cm³/mol. The minimum Gasteiger partial charge on any atom is -0.380 e. The van der Waals surface area contributed by atoms with Crippen molar-refractivity contribution in [1.29, 1.82) is 5.26 Å². The van der Waals surface area contributed by atoms with Crippen LogP contribution in [0.15, 0.2) is 0 Å². The van der Waals surface area contributed by atoms with Crippen molar-refractivity contribution >= 4 is 5.91 Å². The first-order valence-electron chi connectivity index (χ1n) is 7.97. The van der Waals surface area contributed by atoms with Crippen molar-refractivity contribution in [1.82, 2.24) is 5.32 Å². The molecule has 2 fully saturated rings. The zero-order chi connectivity index (χ0) is 15.2. The fourth-order valence-corrected chi connectivity index (χ4v) is 3.53. The molecule has 3 unspecified atom stereocenters. The quantitative estimate of drug-likeness (QED) is 0.862. The van der Waals surface area contributed by atoms with E-state index in [0.717, 1.165) is 44.9 Å². The molecule has 0 bridgehead atoms. The fraction of sp³-hybridized carbons (Fsp3) is 0.875. The zero-order valence-corrected chi connectivity index (χ0v) is 13.0. The highest BCUT2D eigenvalue weighted by atomic mass is 16.5. The number of nitriles is 1. The highest BCUT2D eigenvalue weighted by Crippen LogP contribution is 2.31. The number of nitrogens with one attached hydrogen (secondary N) is 1. The number of methoxy groups -OCH3 is 1. The van der Waals surface area contributed by atoms with Gasteiger partial charge in [-0.1, -0.05) is 0 Å². The van der Waals surface area contributed by atoms with Crippen molar-refractivity contribution < 1.29 is 14.3 Å². The van der Waals surface area contributed by atoms with Crippen LogP contribution < -0.4 is 5.32 Å². The number of amides is 1. The molecule has 0 aromatic rings. The van der Waals surface area contributed by atoms with Crippen molar-refractivity contribution in [3.63, 3.8) is 0 Å². The van der Waals surface area contributed by atoms with Crippen molar-refractivity contribution in [3.8, 4) is 6.07 Å². The third kappa shape index (κ3) is 4.69. The standard InChI is InChI=1S/C16H26N2O3/c1-11(19)18-13-4-7-14(8-5-13)21-15-6-3-12(10-17)16(9-15)20-2/h12-16H,3-9H2,1-2H3,(H,18,19). The second-order valence-electron chi connectivity index (χ2n) is 6.26. The van der Waals surface area contributed by atoms with Crippen LogP contribution in [0.2, 0.25) is 0 Å². The molecule has 0 aliphatic heterocycles. The van der Waals surface area contributed by atoms with E-state index >= 15 is 0 Å². The monoisotopic (exact) mass is 294 g/mol. The summed E-state index contributed by atoms with van der Waals surface area (Å²) in [4.78, 5) is 11.1. The Kier molecular flexibility index (Phi) is 6.01. The van der Waals surface area contributed by atoms with Crippen molar-refractivity contribution in [3.05, 3.63) is 0 Å². The predicted octanol–water partition coefficient (Wildman–Crippen LogP) is 2.16. The van der Waals surface area contributed by atoms with Gasteiger partial charge in [0.15, 0.2) is 0 Å². The molecule has 2 saturated carbocycles. The van der Waals surface area contributed by atoms with Crippen LogP contribution in [0.25, 0.3) is 0 Å². The maximum atomic E-state index is 11.1. The number of carbonyl (C=O) groups excluding carboxylic acids is 1. The molecule has 5 heteroatoms. The molecular weight excluding hydrogens is 268 g/mol. The molecule has 0 spiro atoms. The summed E-state index contributed by atoms with van der Waals surface area (Å²) in [5, 5.41) is 12.1. The van der Waals surface area contributed by atoms with Gasteiger partial charge in [-0.15, -0.1) is 0 Å². The number of hydrogen-bond donors (Lipinski definition) is 1. The van der Waals surface area contributed by atoms with Crippen molar-refractivity contribution in [2.45, 2.75) is 76.2 Å². The summed E-state index contributed by atoms with van der Waals surface area (Å²) in [6.07, 6.45) is 7.12. The zero-order valence-electron chi connectivity index (χ0n) is 13.0. The highest BCUT2D eigenvalue weighted by Gasteiger charge is 2.33. The summed E-state index contributed by atoms with van der Waals surface area (Å²) in [5.41, 5.74) is 0. The smallest absolute Gasteiger partial charge is 0.217 e. The number of ether oxygens (including phenoxy) is 2. The van der Waals surface area contributed by atoms with Crippen molar-refractivity contribution in [2.24, 2.45) is 5.92 Å². The topological polar surface area (TPSA) is 71.3 Å². The van der Waals surface area contributed by atoms with Gasteiger partial charge in [0.2, 0.25) is 5.91 Å². The molecule has 2 aliphatic rings. The molecule has 0 heterocycles. The number of carbonyl (C=O) groups is 1. The lowest BCUT2D eigenvalue weighted by atomic mass is 9.85. The van der Waals surface area contributed by atoms with Gasteiger partial charge < -0.3 is 14.8 Å². The second-order valence-corrected chi connectivity index (χ2v) is 6.26. The van der Waals surface area contributed by atoms with E-state index in [9.17, 15) is 4.79 Å². The largest absolute Gasteiger partial charge is 0.380 e. The Morgan fingerprint density at radius 3 is 2.38 bits per heavy atom. The lowest BCUT2D eigenvalue weighted by Crippen LogP contribution is -2.40. The van der Waals surface area contributed by atoms with Gasteiger partial charge in [0.25, 0.3) is 0 Å². The third-order valence-electron chi connectivity index (χ3n) is 4.68. The summed E-state index contributed by atoms with van der Waals surface area (Å²) >= 11 is 0.